The maximum atomic E-state index is 13.0. The lowest BCUT2D eigenvalue weighted by Gasteiger charge is -2.17. The predicted octanol–water partition coefficient (Wildman–Crippen LogP) is 3.92. The van der Waals surface area contributed by atoms with E-state index in [2.05, 4.69) is 28.2 Å². The third-order valence-electron chi connectivity index (χ3n) is 6.59. The van der Waals surface area contributed by atoms with Gasteiger partial charge in [0.05, 0.1) is 23.0 Å². The summed E-state index contributed by atoms with van der Waals surface area (Å²) < 4.78 is 0. The minimum Gasteiger partial charge on any atom is -0.274 e. The first-order valence-corrected chi connectivity index (χ1v) is 10.0. The molecule has 2 bridgehead atoms. The summed E-state index contributed by atoms with van der Waals surface area (Å²) in [5.41, 5.74) is 3.56. The molecule has 1 aliphatic heterocycles. The molecule has 2 heterocycles. The van der Waals surface area contributed by atoms with Gasteiger partial charge in [0.2, 0.25) is 11.8 Å². The number of hydrogen-bond acceptors (Lipinski definition) is 4. The molecule has 0 spiro atoms. The highest BCUT2D eigenvalue weighted by molar-refractivity contribution is 6.22. The number of aryl methyl sites for hydroxylation is 1. The normalized spacial score (nSPS) is 27.3. The Kier molecular flexibility index (Phi) is 3.34. The number of aromatic nitrogens is 2. The van der Waals surface area contributed by atoms with E-state index in [4.69, 9.17) is 0 Å². The van der Waals surface area contributed by atoms with Crippen LogP contribution in [-0.4, -0.2) is 21.8 Å². The van der Waals surface area contributed by atoms with Crippen molar-refractivity contribution in [2.24, 2.45) is 23.7 Å². The van der Waals surface area contributed by atoms with Gasteiger partial charge < -0.3 is 0 Å². The van der Waals surface area contributed by atoms with Crippen LogP contribution in [0.1, 0.15) is 12.0 Å². The molecule has 3 aliphatic rings. The minimum atomic E-state index is -0.176. The van der Waals surface area contributed by atoms with Crippen LogP contribution < -0.4 is 4.90 Å². The van der Waals surface area contributed by atoms with E-state index < -0.39 is 0 Å². The number of carbonyl (C=O) groups is 2. The topological polar surface area (TPSA) is 63.2 Å². The Morgan fingerprint density at radius 3 is 2.31 bits per heavy atom. The van der Waals surface area contributed by atoms with Crippen LogP contribution >= 0.6 is 0 Å². The Balaban J connectivity index is 1.32. The molecule has 4 atom stereocenters. The standard InChI is InChI=1S/C24H19N3O2/c1-13-2-9-19-17(10-13)12-25-22(26-19)14-5-7-18(8-6-14)27-23(28)20-15-3-4-16(11-15)21(20)24(27)29/h2-10,12,15-16,20-21H,11H2,1H3/t15-,16?,20-,21+/m0/s1. The van der Waals surface area contributed by atoms with E-state index in [1.807, 2.05) is 49.5 Å². The van der Waals surface area contributed by atoms with Crippen LogP contribution in [0.15, 0.2) is 60.8 Å². The monoisotopic (exact) mass is 381 g/mol. The zero-order valence-electron chi connectivity index (χ0n) is 15.9. The van der Waals surface area contributed by atoms with Crippen molar-refractivity contribution in [3.05, 3.63) is 66.4 Å². The molecule has 5 heteroatoms. The highest BCUT2D eigenvalue weighted by Crippen LogP contribution is 2.53. The van der Waals surface area contributed by atoms with Crippen LogP contribution in [0.25, 0.3) is 22.3 Å². The van der Waals surface area contributed by atoms with Crippen LogP contribution in [-0.2, 0) is 9.59 Å². The Labute approximate surface area is 168 Å². The first kappa shape index (κ1) is 16.6. The molecule has 0 radical (unpaired) electrons. The van der Waals surface area contributed by atoms with Gasteiger partial charge in [-0.05, 0) is 61.6 Å². The molecule has 2 aliphatic carbocycles. The fourth-order valence-corrected chi connectivity index (χ4v) is 5.21. The molecule has 1 unspecified atom stereocenters. The molecule has 0 N–H and O–H groups in total. The maximum absolute atomic E-state index is 13.0. The molecule has 6 rings (SSSR count). The molecule has 2 fully saturated rings. The molecule has 2 amide bonds. The van der Waals surface area contributed by atoms with Crippen LogP contribution in [0.5, 0.6) is 0 Å². The smallest absolute Gasteiger partial charge is 0.238 e. The van der Waals surface area contributed by atoms with E-state index in [1.165, 1.54) is 10.5 Å². The van der Waals surface area contributed by atoms with Gasteiger partial charge in [-0.15, -0.1) is 0 Å². The van der Waals surface area contributed by atoms with E-state index >= 15 is 0 Å². The fourth-order valence-electron chi connectivity index (χ4n) is 5.21. The van der Waals surface area contributed by atoms with Gasteiger partial charge >= 0.3 is 0 Å². The highest BCUT2D eigenvalue weighted by Gasteiger charge is 2.59. The van der Waals surface area contributed by atoms with Crippen molar-refractivity contribution in [3.8, 4) is 11.4 Å². The summed E-state index contributed by atoms with van der Waals surface area (Å²) in [6, 6.07) is 13.5. The van der Waals surface area contributed by atoms with Crippen molar-refractivity contribution in [2.75, 3.05) is 4.90 Å². The number of nitrogens with zero attached hydrogens (tertiary/aromatic N) is 3. The lowest BCUT2D eigenvalue weighted by Crippen LogP contribution is -2.32. The van der Waals surface area contributed by atoms with Gasteiger partial charge in [-0.2, -0.15) is 0 Å². The number of anilines is 1. The second kappa shape index (κ2) is 5.83. The second-order valence-electron chi connectivity index (χ2n) is 8.31. The SMILES string of the molecule is Cc1ccc2nc(-c3ccc(N4C(=O)[C@@H]5[C@H](C4=O)C4C=C[C@H]5C4)cc3)ncc2c1. The summed E-state index contributed by atoms with van der Waals surface area (Å²) in [4.78, 5) is 36.4. The van der Waals surface area contributed by atoms with E-state index in [9.17, 15) is 9.59 Å². The van der Waals surface area contributed by atoms with Gasteiger partial charge in [0.15, 0.2) is 5.82 Å². The van der Waals surface area contributed by atoms with Crippen LogP contribution in [0.3, 0.4) is 0 Å². The van der Waals surface area contributed by atoms with Gasteiger partial charge in [-0.3, -0.25) is 14.5 Å². The molecular weight excluding hydrogens is 362 g/mol. The molecule has 1 saturated heterocycles. The first-order chi connectivity index (χ1) is 14.1. The van der Waals surface area contributed by atoms with E-state index in [0.29, 0.717) is 11.5 Å². The number of allylic oxidation sites excluding steroid dienone is 2. The van der Waals surface area contributed by atoms with Gasteiger partial charge in [-0.25, -0.2) is 9.97 Å². The summed E-state index contributed by atoms with van der Waals surface area (Å²) in [6.45, 7) is 2.04. The summed E-state index contributed by atoms with van der Waals surface area (Å²) in [5, 5.41) is 1.01. The van der Waals surface area contributed by atoms with Crippen molar-refractivity contribution in [1.82, 2.24) is 9.97 Å². The molecule has 3 aromatic rings. The van der Waals surface area contributed by atoms with E-state index in [1.54, 1.807) is 0 Å². The Hall–Kier alpha value is -3.34. The predicted molar refractivity (Wildman–Crippen MR) is 110 cm³/mol. The van der Waals surface area contributed by atoms with E-state index in [-0.39, 0.29) is 35.5 Å². The van der Waals surface area contributed by atoms with Crippen LogP contribution in [0, 0.1) is 30.6 Å². The third-order valence-corrected chi connectivity index (χ3v) is 6.59. The molecule has 142 valence electrons. The quantitative estimate of drug-likeness (QED) is 0.499. The summed E-state index contributed by atoms with van der Waals surface area (Å²) in [5.74, 6) is 0.615. The number of hydrogen-bond donors (Lipinski definition) is 0. The number of benzene rings is 2. The van der Waals surface area contributed by atoms with Crippen LogP contribution in [0.2, 0.25) is 0 Å². The lowest BCUT2D eigenvalue weighted by atomic mass is 9.85. The average Bonchev–Trinajstić information content (AvgIpc) is 3.42. The second-order valence-corrected chi connectivity index (χ2v) is 8.31. The molecule has 29 heavy (non-hydrogen) atoms. The van der Waals surface area contributed by atoms with Crippen molar-refractivity contribution in [3.63, 3.8) is 0 Å². The maximum Gasteiger partial charge on any atom is 0.238 e. The molecular formula is C24H19N3O2. The minimum absolute atomic E-state index is 0.0538. The number of amides is 2. The Morgan fingerprint density at radius 1 is 0.931 bits per heavy atom. The number of imide groups is 1. The average molecular weight is 381 g/mol. The number of fused-ring (bicyclic) bond motifs is 6. The van der Waals surface area contributed by atoms with Crippen molar-refractivity contribution < 1.29 is 9.59 Å². The largest absolute Gasteiger partial charge is 0.274 e. The zero-order chi connectivity index (χ0) is 19.7. The molecule has 1 saturated carbocycles. The van der Waals surface area contributed by atoms with Gasteiger partial charge in [0.1, 0.15) is 0 Å². The van der Waals surface area contributed by atoms with Crippen molar-refractivity contribution in [1.29, 1.82) is 0 Å². The van der Waals surface area contributed by atoms with Gasteiger partial charge in [0.25, 0.3) is 0 Å². The molecule has 5 nitrogen and oxygen atoms in total. The van der Waals surface area contributed by atoms with Gasteiger partial charge in [-0.1, -0.05) is 23.8 Å². The highest BCUT2D eigenvalue weighted by atomic mass is 16.2. The number of carbonyl (C=O) groups excluding carboxylic acids is 2. The Bertz CT molecular complexity index is 1180. The Morgan fingerprint density at radius 2 is 1.62 bits per heavy atom. The number of rotatable bonds is 2. The molecule has 2 aromatic carbocycles. The summed E-state index contributed by atoms with van der Waals surface area (Å²) in [6.07, 6.45) is 7.00. The van der Waals surface area contributed by atoms with Crippen LogP contribution in [0.4, 0.5) is 5.69 Å². The molecule has 1 aromatic heterocycles. The zero-order valence-corrected chi connectivity index (χ0v) is 15.9. The summed E-state index contributed by atoms with van der Waals surface area (Å²) >= 11 is 0. The third kappa shape index (κ3) is 2.33. The summed E-state index contributed by atoms with van der Waals surface area (Å²) in [7, 11) is 0. The fraction of sp³-hybridized carbons (Fsp3) is 0.250. The first-order valence-electron chi connectivity index (χ1n) is 10.0. The van der Waals surface area contributed by atoms with E-state index in [0.717, 1.165) is 22.9 Å². The van der Waals surface area contributed by atoms with Crippen molar-refractivity contribution >= 4 is 28.4 Å². The van der Waals surface area contributed by atoms with Gasteiger partial charge in [0, 0.05) is 17.1 Å². The van der Waals surface area contributed by atoms with Crippen molar-refractivity contribution in [2.45, 2.75) is 13.3 Å². The lowest BCUT2D eigenvalue weighted by molar-refractivity contribution is -0.123.